The van der Waals surface area contributed by atoms with Crippen LogP contribution in [0.15, 0.2) is 0 Å². The quantitative estimate of drug-likeness (QED) is 0.741. The molecule has 0 bridgehead atoms. The van der Waals surface area contributed by atoms with Gasteiger partial charge in [-0.05, 0) is 32.3 Å². The average Bonchev–Trinajstić information content (AvgIpc) is 2.52. The van der Waals surface area contributed by atoms with Gasteiger partial charge in [0.2, 0.25) is 0 Å². The molecule has 1 unspecified atom stereocenters. The highest BCUT2D eigenvalue weighted by molar-refractivity contribution is 5.25. The number of aryl methyl sites for hydroxylation is 2. The lowest BCUT2D eigenvalue weighted by Gasteiger charge is -2.11. The minimum Gasteiger partial charge on any atom is -0.327 e. The molecule has 1 heterocycles. The third-order valence-corrected chi connectivity index (χ3v) is 3.55. The van der Waals surface area contributed by atoms with Crippen LogP contribution in [0.25, 0.3) is 0 Å². The van der Waals surface area contributed by atoms with Gasteiger partial charge in [-0.1, -0.05) is 32.6 Å². The number of aromatic nitrogens is 2. The molecule has 0 saturated carbocycles. The zero-order chi connectivity index (χ0) is 12.8. The molecule has 0 saturated heterocycles. The molecule has 1 atom stereocenters. The SMILES string of the molecule is CCCCCCC(N)Cc1c(C)nn(C)c1C. The lowest BCUT2D eigenvalue weighted by Crippen LogP contribution is -2.23. The first-order chi connectivity index (χ1) is 8.06. The molecule has 98 valence electrons. The van der Waals surface area contributed by atoms with Crippen molar-refractivity contribution < 1.29 is 0 Å². The highest BCUT2D eigenvalue weighted by atomic mass is 15.3. The van der Waals surface area contributed by atoms with Gasteiger partial charge in [-0.15, -0.1) is 0 Å². The summed E-state index contributed by atoms with van der Waals surface area (Å²) in [6.45, 7) is 6.44. The summed E-state index contributed by atoms with van der Waals surface area (Å²) in [7, 11) is 2.00. The van der Waals surface area contributed by atoms with Crippen LogP contribution in [0, 0.1) is 13.8 Å². The Kier molecular flexibility index (Phi) is 5.69. The van der Waals surface area contributed by atoms with Crippen LogP contribution >= 0.6 is 0 Å². The Morgan fingerprint density at radius 3 is 2.47 bits per heavy atom. The molecule has 17 heavy (non-hydrogen) atoms. The topological polar surface area (TPSA) is 43.8 Å². The van der Waals surface area contributed by atoms with E-state index in [1.54, 1.807) is 0 Å². The van der Waals surface area contributed by atoms with Crippen LogP contribution in [0.2, 0.25) is 0 Å². The second-order valence-electron chi connectivity index (χ2n) is 5.09. The summed E-state index contributed by atoms with van der Waals surface area (Å²) in [4.78, 5) is 0. The molecule has 3 heteroatoms. The molecule has 0 spiro atoms. The van der Waals surface area contributed by atoms with E-state index in [0.717, 1.165) is 18.5 Å². The largest absolute Gasteiger partial charge is 0.327 e. The van der Waals surface area contributed by atoms with E-state index in [9.17, 15) is 0 Å². The highest BCUT2D eigenvalue weighted by Crippen LogP contribution is 2.15. The number of unbranched alkanes of at least 4 members (excludes halogenated alkanes) is 3. The van der Waals surface area contributed by atoms with Gasteiger partial charge in [-0.2, -0.15) is 5.10 Å². The Morgan fingerprint density at radius 2 is 1.94 bits per heavy atom. The molecule has 0 aromatic carbocycles. The van der Waals surface area contributed by atoms with Gasteiger partial charge in [0.25, 0.3) is 0 Å². The number of hydrogen-bond donors (Lipinski definition) is 1. The summed E-state index contributed by atoms with van der Waals surface area (Å²) >= 11 is 0. The maximum absolute atomic E-state index is 6.20. The van der Waals surface area contributed by atoms with Crippen molar-refractivity contribution >= 4 is 0 Å². The molecule has 1 rings (SSSR count). The standard InChI is InChI=1S/C14H27N3/c1-5-6-7-8-9-13(15)10-14-11(2)16-17(4)12(14)3/h13H,5-10,15H2,1-4H3. The number of nitrogens with two attached hydrogens (primary N) is 1. The molecular weight excluding hydrogens is 210 g/mol. The van der Waals surface area contributed by atoms with E-state index in [0.29, 0.717) is 0 Å². The molecule has 0 radical (unpaired) electrons. The number of rotatable bonds is 7. The van der Waals surface area contributed by atoms with Crippen LogP contribution in [-0.4, -0.2) is 15.8 Å². The van der Waals surface area contributed by atoms with Gasteiger partial charge >= 0.3 is 0 Å². The first-order valence-electron chi connectivity index (χ1n) is 6.80. The van der Waals surface area contributed by atoms with Crippen LogP contribution in [0.5, 0.6) is 0 Å². The first kappa shape index (κ1) is 14.2. The molecular formula is C14H27N3. The van der Waals surface area contributed by atoms with Crippen molar-refractivity contribution in [2.75, 3.05) is 0 Å². The Hall–Kier alpha value is -0.830. The van der Waals surface area contributed by atoms with Crippen molar-refractivity contribution in [3.8, 4) is 0 Å². The van der Waals surface area contributed by atoms with Gasteiger partial charge in [0.15, 0.2) is 0 Å². The monoisotopic (exact) mass is 237 g/mol. The lowest BCUT2D eigenvalue weighted by molar-refractivity contribution is 0.544. The van der Waals surface area contributed by atoms with Gasteiger partial charge in [0, 0.05) is 18.8 Å². The summed E-state index contributed by atoms with van der Waals surface area (Å²) in [6, 6.07) is 0.286. The van der Waals surface area contributed by atoms with Crippen molar-refractivity contribution in [3.05, 3.63) is 17.0 Å². The minimum absolute atomic E-state index is 0.286. The van der Waals surface area contributed by atoms with Crippen LogP contribution in [0.1, 0.15) is 56.0 Å². The predicted octanol–water partition coefficient (Wildman–Crippen LogP) is 2.88. The van der Waals surface area contributed by atoms with Gasteiger partial charge < -0.3 is 5.73 Å². The van der Waals surface area contributed by atoms with E-state index in [1.165, 1.54) is 36.9 Å². The Morgan fingerprint density at radius 1 is 1.24 bits per heavy atom. The Bertz CT molecular complexity index is 341. The molecule has 0 aliphatic heterocycles. The fourth-order valence-electron chi connectivity index (χ4n) is 2.31. The molecule has 2 N–H and O–H groups in total. The third-order valence-electron chi connectivity index (χ3n) is 3.55. The van der Waals surface area contributed by atoms with Gasteiger partial charge in [-0.25, -0.2) is 0 Å². The summed E-state index contributed by atoms with van der Waals surface area (Å²) in [5.41, 5.74) is 9.93. The second-order valence-corrected chi connectivity index (χ2v) is 5.09. The molecule has 3 nitrogen and oxygen atoms in total. The highest BCUT2D eigenvalue weighted by Gasteiger charge is 2.12. The summed E-state index contributed by atoms with van der Waals surface area (Å²) in [5.74, 6) is 0. The fraction of sp³-hybridized carbons (Fsp3) is 0.786. The van der Waals surface area contributed by atoms with Crippen molar-refractivity contribution in [2.24, 2.45) is 12.8 Å². The van der Waals surface area contributed by atoms with Crippen LogP contribution < -0.4 is 5.73 Å². The van der Waals surface area contributed by atoms with Crippen molar-refractivity contribution in [3.63, 3.8) is 0 Å². The molecule has 0 fully saturated rings. The van der Waals surface area contributed by atoms with Crippen molar-refractivity contribution in [1.29, 1.82) is 0 Å². The Labute approximate surface area is 105 Å². The van der Waals surface area contributed by atoms with Gasteiger partial charge in [-0.3, -0.25) is 4.68 Å². The van der Waals surface area contributed by atoms with Crippen molar-refractivity contribution in [1.82, 2.24) is 9.78 Å². The van der Waals surface area contributed by atoms with E-state index in [-0.39, 0.29) is 6.04 Å². The predicted molar refractivity (Wildman–Crippen MR) is 73.1 cm³/mol. The Balaban J connectivity index is 2.42. The van der Waals surface area contributed by atoms with Gasteiger partial charge in [0.1, 0.15) is 0 Å². The van der Waals surface area contributed by atoms with E-state index < -0.39 is 0 Å². The van der Waals surface area contributed by atoms with Crippen molar-refractivity contribution in [2.45, 2.75) is 65.3 Å². The smallest absolute Gasteiger partial charge is 0.0628 e. The zero-order valence-corrected chi connectivity index (χ0v) is 11.8. The minimum atomic E-state index is 0.286. The fourth-order valence-corrected chi connectivity index (χ4v) is 2.31. The molecule has 1 aromatic rings. The summed E-state index contributed by atoms with van der Waals surface area (Å²) in [6.07, 6.45) is 7.29. The molecule has 1 aromatic heterocycles. The van der Waals surface area contributed by atoms with E-state index in [4.69, 9.17) is 5.73 Å². The molecule has 0 aliphatic carbocycles. The average molecular weight is 237 g/mol. The van der Waals surface area contributed by atoms with Gasteiger partial charge in [0.05, 0.1) is 5.69 Å². The second kappa shape index (κ2) is 6.80. The first-order valence-corrected chi connectivity index (χ1v) is 6.80. The van der Waals surface area contributed by atoms with Crippen LogP contribution in [-0.2, 0) is 13.5 Å². The van der Waals surface area contributed by atoms with E-state index in [2.05, 4.69) is 25.9 Å². The maximum atomic E-state index is 6.20. The number of nitrogens with zero attached hydrogens (tertiary/aromatic N) is 2. The molecule has 0 aliphatic rings. The summed E-state index contributed by atoms with van der Waals surface area (Å²) < 4.78 is 1.95. The van der Waals surface area contributed by atoms with Crippen LogP contribution in [0.3, 0.4) is 0 Å². The number of hydrogen-bond acceptors (Lipinski definition) is 2. The lowest BCUT2D eigenvalue weighted by atomic mass is 9.99. The van der Waals surface area contributed by atoms with E-state index in [1.807, 2.05) is 11.7 Å². The normalized spacial score (nSPS) is 13.0. The summed E-state index contributed by atoms with van der Waals surface area (Å²) in [5, 5.41) is 4.43. The molecule has 0 amide bonds. The third kappa shape index (κ3) is 4.15. The zero-order valence-electron chi connectivity index (χ0n) is 11.8. The maximum Gasteiger partial charge on any atom is 0.0628 e. The van der Waals surface area contributed by atoms with Crippen LogP contribution in [0.4, 0.5) is 0 Å². The van der Waals surface area contributed by atoms with E-state index >= 15 is 0 Å².